The highest BCUT2D eigenvalue weighted by molar-refractivity contribution is 7.17. The van der Waals surface area contributed by atoms with Gasteiger partial charge in [-0.1, -0.05) is 0 Å². The number of halogens is 6. The number of pyridine rings is 1. The van der Waals surface area contributed by atoms with E-state index in [0.717, 1.165) is 17.4 Å². The number of anilines is 1. The zero-order valence-electron chi connectivity index (χ0n) is 18.9. The molecule has 0 atom stereocenters. The summed E-state index contributed by atoms with van der Waals surface area (Å²) in [5.41, 5.74) is -0.852. The van der Waals surface area contributed by atoms with Crippen LogP contribution in [0, 0.1) is 0 Å². The Hall–Kier alpha value is -2.81. The van der Waals surface area contributed by atoms with Crippen molar-refractivity contribution in [3.63, 3.8) is 0 Å². The zero-order valence-corrected chi connectivity index (χ0v) is 19.7. The molecule has 2 amide bonds. The summed E-state index contributed by atoms with van der Waals surface area (Å²) in [6, 6.07) is 0.958. The van der Waals surface area contributed by atoms with Crippen LogP contribution in [0.15, 0.2) is 11.4 Å². The van der Waals surface area contributed by atoms with E-state index in [1.165, 1.54) is 17.3 Å². The molecule has 15 heteroatoms. The minimum absolute atomic E-state index is 0.00771. The largest absolute Gasteiger partial charge is 0.446 e. The van der Waals surface area contributed by atoms with Crippen molar-refractivity contribution in [2.24, 2.45) is 0 Å². The molecular formula is C21H22F6N4O4S. The third-order valence-electron chi connectivity index (χ3n) is 5.91. The number of rotatable bonds is 5. The fourth-order valence-electron chi connectivity index (χ4n) is 3.99. The average molecular weight is 540 g/mol. The number of carbonyl (C=O) groups is 2. The van der Waals surface area contributed by atoms with Crippen LogP contribution < -0.4 is 10.2 Å². The SMILES string of the molecule is CNC(=O)c1csc2c(C(F)(F)F)cc(N3CCC(OC(=O)N4CC(OCC(F)(F)F)C4)CC3)nc12. The van der Waals surface area contributed by atoms with Crippen molar-refractivity contribution >= 4 is 39.4 Å². The first-order valence-electron chi connectivity index (χ1n) is 11.0. The molecule has 2 fully saturated rings. The Kier molecular flexibility index (Phi) is 7.23. The number of fused-ring (bicyclic) bond motifs is 1. The van der Waals surface area contributed by atoms with E-state index >= 15 is 0 Å². The molecule has 36 heavy (non-hydrogen) atoms. The summed E-state index contributed by atoms with van der Waals surface area (Å²) < 4.78 is 87.8. The first-order chi connectivity index (χ1) is 16.9. The summed E-state index contributed by atoms with van der Waals surface area (Å²) in [5, 5.41) is 3.74. The smallest absolute Gasteiger partial charge is 0.417 e. The van der Waals surface area contributed by atoms with E-state index in [1.54, 1.807) is 4.90 Å². The Labute approximate surface area is 205 Å². The normalized spacial score (nSPS) is 17.9. The molecule has 2 aliphatic heterocycles. The number of carbonyl (C=O) groups excluding carboxylic acids is 2. The molecule has 0 aromatic carbocycles. The lowest BCUT2D eigenvalue weighted by Gasteiger charge is -2.39. The molecule has 0 saturated carbocycles. The van der Waals surface area contributed by atoms with E-state index in [9.17, 15) is 35.9 Å². The quantitative estimate of drug-likeness (QED) is 0.577. The lowest BCUT2D eigenvalue weighted by atomic mass is 10.1. The number of nitrogens with one attached hydrogen (secondary N) is 1. The van der Waals surface area contributed by atoms with Crippen molar-refractivity contribution < 1.29 is 45.4 Å². The van der Waals surface area contributed by atoms with Gasteiger partial charge in [0.1, 0.15) is 18.5 Å². The van der Waals surface area contributed by atoms with Crippen molar-refractivity contribution in [3.05, 3.63) is 22.6 Å². The van der Waals surface area contributed by atoms with Gasteiger partial charge in [-0.2, -0.15) is 26.3 Å². The Morgan fingerprint density at radius 2 is 1.81 bits per heavy atom. The van der Waals surface area contributed by atoms with Crippen molar-refractivity contribution in [1.82, 2.24) is 15.2 Å². The molecule has 8 nitrogen and oxygen atoms in total. The van der Waals surface area contributed by atoms with Crippen LogP contribution in [0.1, 0.15) is 28.8 Å². The van der Waals surface area contributed by atoms with Gasteiger partial charge in [-0.15, -0.1) is 11.3 Å². The molecule has 0 spiro atoms. The van der Waals surface area contributed by atoms with Crippen LogP contribution >= 0.6 is 11.3 Å². The molecule has 2 aliphatic rings. The van der Waals surface area contributed by atoms with Gasteiger partial charge in [-0.25, -0.2) is 9.78 Å². The number of nitrogens with zero attached hydrogens (tertiary/aromatic N) is 3. The second kappa shape index (κ2) is 9.92. The van der Waals surface area contributed by atoms with Gasteiger partial charge in [0, 0.05) is 38.4 Å². The summed E-state index contributed by atoms with van der Waals surface area (Å²) in [6.07, 6.45) is -10.3. The van der Waals surface area contributed by atoms with E-state index in [-0.39, 0.29) is 47.8 Å². The summed E-state index contributed by atoms with van der Waals surface area (Å²) in [5.74, 6) is -0.475. The molecule has 4 heterocycles. The summed E-state index contributed by atoms with van der Waals surface area (Å²) in [4.78, 5) is 31.6. The van der Waals surface area contributed by atoms with Crippen LogP contribution in [0.2, 0.25) is 0 Å². The van der Waals surface area contributed by atoms with E-state index in [0.29, 0.717) is 12.8 Å². The molecule has 2 aromatic rings. The van der Waals surface area contributed by atoms with Crippen molar-refractivity contribution in [2.75, 3.05) is 44.7 Å². The van der Waals surface area contributed by atoms with Gasteiger partial charge < -0.3 is 24.6 Å². The van der Waals surface area contributed by atoms with Crippen LogP contribution in [0.3, 0.4) is 0 Å². The topological polar surface area (TPSA) is 84.0 Å². The van der Waals surface area contributed by atoms with Crippen molar-refractivity contribution in [1.29, 1.82) is 0 Å². The molecule has 2 saturated heterocycles. The maximum Gasteiger partial charge on any atom is 0.417 e. The van der Waals surface area contributed by atoms with Crippen LogP contribution in [-0.4, -0.2) is 80.1 Å². The third-order valence-corrected chi connectivity index (χ3v) is 6.91. The molecule has 1 N–H and O–H groups in total. The summed E-state index contributed by atoms with van der Waals surface area (Å²) in [6.45, 7) is -0.891. The van der Waals surface area contributed by atoms with Crippen LogP contribution in [0.4, 0.5) is 37.0 Å². The molecule has 0 bridgehead atoms. The second-order valence-corrected chi connectivity index (χ2v) is 9.33. The number of hydrogen-bond donors (Lipinski definition) is 1. The monoisotopic (exact) mass is 540 g/mol. The molecule has 0 aliphatic carbocycles. The van der Waals surface area contributed by atoms with Crippen LogP contribution in [0.5, 0.6) is 0 Å². The number of likely N-dealkylation sites (tertiary alicyclic amines) is 1. The predicted octanol–water partition coefficient (Wildman–Crippen LogP) is 4.04. The van der Waals surface area contributed by atoms with Gasteiger partial charge >= 0.3 is 18.4 Å². The Morgan fingerprint density at radius 1 is 1.14 bits per heavy atom. The lowest BCUT2D eigenvalue weighted by molar-refractivity contribution is -0.197. The predicted molar refractivity (Wildman–Crippen MR) is 117 cm³/mol. The molecule has 4 rings (SSSR count). The van der Waals surface area contributed by atoms with Gasteiger partial charge in [-0.05, 0) is 6.07 Å². The maximum absolute atomic E-state index is 13.7. The number of hydrogen-bond acceptors (Lipinski definition) is 7. The Morgan fingerprint density at radius 3 is 2.39 bits per heavy atom. The van der Waals surface area contributed by atoms with E-state index in [4.69, 9.17) is 4.74 Å². The average Bonchev–Trinajstić information content (AvgIpc) is 3.19. The lowest BCUT2D eigenvalue weighted by Crippen LogP contribution is -2.56. The molecular weight excluding hydrogens is 518 g/mol. The fraction of sp³-hybridized carbons (Fsp3) is 0.571. The van der Waals surface area contributed by atoms with Gasteiger partial charge in [0.2, 0.25) is 0 Å². The first-order valence-corrected chi connectivity index (χ1v) is 11.8. The van der Waals surface area contributed by atoms with Crippen molar-refractivity contribution in [2.45, 2.75) is 37.4 Å². The molecule has 0 unspecified atom stereocenters. The van der Waals surface area contributed by atoms with E-state index < -0.39 is 48.7 Å². The van der Waals surface area contributed by atoms with Crippen LogP contribution in [0.25, 0.3) is 10.2 Å². The standard InChI is InChI=1S/C21H22F6N4O4S/c1-28-18(32)13-9-36-17-14(21(25,26)27)6-15(29-16(13)17)30-4-2-11(3-5-30)35-19(33)31-7-12(8-31)34-10-20(22,23)24/h6,9,11-12H,2-5,7-8,10H2,1H3,(H,28,32). The highest BCUT2D eigenvalue weighted by Gasteiger charge is 2.38. The number of thiophene rings is 1. The maximum atomic E-state index is 13.7. The molecule has 0 radical (unpaired) electrons. The third kappa shape index (κ3) is 5.77. The second-order valence-electron chi connectivity index (χ2n) is 8.46. The minimum atomic E-state index is -4.65. The van der Waals surface area contributed by atoms with Gasteiger partial charge in [0.15, 0.2) is 0 Å². The number of amides is 2. The van der Waals surface area contributed by atoms with Crippen LogP contribution in [-0.2, 0) is 15.7 Å². The van der Waals surface area contributed by atoms with Gasteiger partial charge in [0.05, 0.1) is 40.5 Å². The van der Waals surface area contributed by atoms with E-state index in [1.807, 2.05) is 0 Å². The number of ether oxygens (including phenoxy) is 2. The summed E-state index contributed by atoms with van der Waals surface area (Å²) >= 11 is 0.800. The number of aromatic nitrogens is 1. The van der Waals surface area contributed by atoms with Crippen molar-refractivity contribution in [3.8, 4) is 0 Å². The number of piperidine rings is 1. The molecule has 198 valence electrons. The molecule has 2 aromatic heterocycles. The Balaban J connectivity index is 1.37. The number of alkyl halides is 6. The Bertz CT molecular complexity index is 1120. The first kappa shape index (κ1) is 26.3. The van der Waals surface area contributed by atoms with Gasteiger partial charge in [0.25, 0.3) is 5.91 Å². The van der Waals surface area contributed by atoms with E-state index in [2.05, 4.69) is 15.0 Å². The summed E-state index contributed by atoms with van der Waals surface area (Å²) in [7, 11) is 1.38. The highest BCUT2D eigenvalue weighted by Crippen LogP contribution is 2.40. The zero-order chi connectivity index (χ0) is 26.3. The highest BCUT2D eigenvalue weighted by atomic mass is 32.1. The fourth-order valence-corrected chi connectivity index (χ4v) is 5.01. The minimum Gasteiger partial charge on any atom is -0.446 e. The van der Waals surface area contributed by atoms with Gasteiger partial charge in [-0.3, -0.25) is 4.79 Å².